The van der Waals surface area contributed by atoms with Gasteiger partial charge in [-0.05, 0) is 30.3 Å². The predicted octanol–water partition coefficient (Wildman–Crippen LogP) is 2.65. The van der Waals surface area contributed by atoms with Crippen molar-refractivity contribution in [3.05, 3.63) is 47.6 Å². The van der Waals surface area contributed by atoms with E-state index in [4.69, 9.17) is 16.7 Å². The van der Waals surface area contributed by atoms with E-state index in [9.17, 15) is 5.11 Å². The number of hydrogen-bond acceptors (Lipinski definition) is 5. The van der Waals surface area contributed by atoms with Crippen molar-refractivity contribution in [3.63, 3.8) is 0 Å². The van der Waals surface area contributed by atoms with E-state index in [2.05, 4.69) is 10.3 Å². The lowest BCUT2D eigenvalue weighted by molar-refractivity contribution is 0.105. The van der Waals surface area contributed by atoms with E-state index >= 15 is 0 Å². The van der Waals surface area contributed by atoms with Crippen LogP contribution in [0.1, 0.15) is 0 Å². The van der Waals surface area contributed by atoms with Crippen molar-refractivity contribution in [1.82, 2.24) is 4.98 Å². The van der Waals surface area contributed by atoms with Gasteiger partial charge in [0, 0.05) is 23.3 Å². The largest absolute Gasteiger partial charge is 0.394 e. The summed E-state index contributed by atoms with van der Waals surface area (Å²) >= 11 is 7.72. The van der Waals surface area contributed by atoms with Crippen LogP contribution in [-0.4, -0.2) is 34.5 Å². The summed E-state index contributed by atoms with van der Waals surface area (Å²) in [4.78, 5) is 5.15. The fourth-order valence-electron chi connectivity index (χ4n) is 1.51. The molecule has 1 aromatic heterocycles. The second-order valence-electron chi connectivity index (χ2n) is 4.13. The molecule has 0 saturated heterocycles. The highest BCUT2D eigenvalue weighted by Crippen LogP contribution is 2.33. The van der Waals surface area contributed by atoms with Crippen LogP contribution < -0.4 is 5.32 Å². The molecule has 0 aliphatic carbocycles. The number of aliphatic hydroxyl groups excluding tert-OH is 2. The van der Waals surface area contributed by atoms with Crippen LogP contribution >= 0.6 is 23.4 Å². The number of nitrogens with zero attached hydrogens (tertiary/aromatic N) is 1. The first kappa shape index (κ1) is 15.1. The minimum Gasteiger partial charge on any atom is -0.394 e. The molecule has 20 heavy (non-hydrogen) atoms. The molecule has 0 aliphatic rings. The molecule has 1 unspecified atom stereocenters. The van der Waals surface area contributed by atoms with E-state index in [0.29, 0.717) is 5.02 Å². The fraction of sp³-hybridized carbons (Fsp3) is 0.214. The maximum absolute atomic E-state index is 9.28. The minimum absolute atomic E-state index is 0.269. The van der Waals surface area contributed by atoms with Gasteiger partial charge in [-0.3, -0.25) is 0 Å². The van der Waals surface area contributed by atoms with E-state index in [-0.39, 0.29) is 13.2 Å². The van der Waals surface area contributed by atoms with E-state index in [0.717, 1.165) is 15.6 Å². The standard InChI is InChI=1S/C14H15ClN2O2S/c15-12-7-10(17-8-11(19)9-18)4-5-13(12)20-14-3-1-2-6-16-14/h1-7,11,17-19H,8-9H2. The summed E-state index contributed by atoms with van der Waals surface area (Å²) in [6.07, 6.45) is 0.957. The Balaban J connectivity index is 2.02. The van der Waals surface area contributed by atoms with Crippen molar-refractivity contribution in [1.29, 1.82) is 0 Å². The monoisotopic (exact) mass is 310 g/mol. The molecule has 1 atom stereocenters. The molecule has 6 heteroatoms. The number of benzene rings is 1. The molecule has 0 radical (unpaired) electrons. The molecule has 0 fully saturated rings. The number of nitrogens with one attached hydrogen (secondary N) is 1. The van der Waals surface area contributed by atoms with Gasteiger partial charge in [0.1, 0.15) is 5.03 Å². The SMILES string of the molecule is OCC(O)CNc1ccc(Sc2ccccn2)c(Cl)c1. The fourth-order valence-corrected chi connectivity index (χ4v) is 2.59. The van der Waals surface area contributed by atoms with E-state index in [1.165, 1.54) is 11.8 Å². The molecule has 1 heterocycles. The van der Waals surface area contributed by atoms with Crippen molar-refractivity contribution in [2.75, 3.05) is 18.5 Å². The van der Waals surface area contributed by atoms with Gasteiger partial charge in [-0.25, -0.2) is 4.98 Å². The zero-order chi connectivity index (χ0) is 14.4. The second kappa shape index (κ2) is 7.50. The lowest BCUT2D eigenvalue weighted by Gasteiger charge is -2.11. The van der Waals surface area contributed by atoms with Gasteiger partial charge < -0.3 is 15.5 Å². The Kier molecular flexibility index (Phi) is 5.67. The first-order valence-electron chi connectivity index (χ1n) is 6.10. The van der Waals surface area contributed by atoms with E-state index < -0.39 is 6.10 Å². The molecule has 0 amide bonds. The highest BCUT2D eigenvalue weighted by molar-refractivity contribution is 7.99. The smallest absolute Gasteiger partial charge is 0.101 e. The van der Waals surface area contributed by atoms with Gasteiger partial charge in [0.2, 0.25) is 0 Å². The number of halogens is 1. The average molecular weight is 311 g/mol. The Hall–Kier alpha value is -1.27. The van der Waals surface area contributed by atoms with Crippen LogP contribution in [-0.2, 0) is 0 Å². The zero-order valence-electron chi connectivity index (χ0n) is 10.7. The van der Waals surface area contributed by atoms with Gasteiger partial charge in [0.25, 0.3) is 0 Å². The number of aliphatic hydroxyl groups is 2. The Morgan fingerprint density at radius 3 is 2.80 bits per heavy atom. The predicted molar refractivity (Wildman–Crippen MR) is 81.4 cm³/mol. The summed E-state index contributed by atoms with van der Waals surface area (Å²) in [5.41, 5.74) is 0.799. The molecule has 1 aromatic carbocycles. The van der Waals surface area contributed by atoms with Gasteiger partial charge in [-0.2, -0.15) is 0 Å². The molecule has 0 aliphatic heterocycles. The molecular weight excluding hydrogens is 296 g/mol. The lowest BCUT2D eigenvalue weighted by Crippen LogP contribution is -2.22. The minimum atomic E-state index is -0.781. The maximum Gasteiger partial charge on any atom is 0.101 e. The maximum atomic E-state index is 9.28. The first-order chi connectivity index (χ1) is 9.69. The highest BCUT2D eigenvalue weighted by Gasteiger charge is 2.06. The highest BCUT2D eigenvalue weighted by atomic mass is 35.5. The van der Waals surface area contributed by atoms with Gasteiger partial charge in [0.15, 0.2) is 0 Å². The number of pyridine rings is 1. The van der Waals surface area contributed by atoms with E-state index in [1.807, 2.05) is 30.3 Å². The van der Waals surface area contributed by atoms with E-state index in [1.54, 1.807) is 12.3 Å². The third-order valence-corrected chi connectivity index (χ3v) is 3.99. The summed E-state index contributed by atoms with van der Waals surface area (Å²) < 4.78 is 0. The van der Waals surface area contributed by atoms with Crippen molar-refractivity contribution in [2.45, 2.75) is 16.0 Å². The summed E-state index contributed by atoms with van der Waals surface area (Å²) in [5.74, 6) is 0. The molecule has 2 aromatic rings. The first-order valence-corrected chi connectivity index (χ1v) is 7.29. The lowest BCUT2D eigenvalue weighted by atomic mass is 10.3. The molecule has 3 N–H and O–H groups in total. The Bertz CT molecular complexity index is 554. The zero-order valence-corrected chi connectivity index (χ0v) is 12.2. The summed E-state index contributed by atoms with van der Waals surface area (Å²) in [7, 11) is 0. The van der Waals surface area contributed by atoms with Crippen molar-refractivity contribution in [2.24, 2.45) is 0 Å². The van der Waals surface area contributed by atoms with Crippen molar-refractivity contribution >= 4 is 29.1 Å². The molecule has 0 saturated carbocycles. The van der Waals surface area contributed by atoms with Gasteiger partial charge >= 0.3 is 0 Å². The summed E-state index contributed by atoms with van der Waals surface area (Å²) in [5, 5.41) is 22.5. The Morgan fingerprint density at radius 1 is 1.30 bits per heavy atom. The molecule has 106 valence electrons. The number of aromatic nitrogens is 1. The summed E-state index contributed by atoms with van der Waals surface area (Å²) in [6, 6.07) is 11.3. The summed E-state index contributed by atoms with van der Waals surface area (Å²) in [6.45, 7) is 0.00784. The van der Waals surface area contributed by atoms with Crippen molar-refractivity contribution < 1.29 is 10.2 Å². The third-order valence-electron chi connectivity index (χ3n) is 2.54. The van der Waals surface area contributed by atoms with Gasteiger partial charge in [0.05, 0.1) is 17.7 Å². The van der Waals surface area contributed by atoms with Crippen LogP contribution in [0.4, 0.5) is 5.69 Å². The second-order valence-corrected chi connectivity index (χ2v) is 5.60. The Labute approximate surface area is 126 Å². The van der Waals surface area contributed by atoms with Crippen LogP contribution in [0.2, 0.25) is 5.02 Å². The van der Waals surface area contributed by atoms with Crippen LogP contribution in [0, 0.1) is 0 Å². The van der Waals surface area contributed by atoms with Gasteiger partial charge in [-0.15, -0.1) is 0 Å². The number of anilines is 1. The topological polar surface area (TPSA) is 65.4 Å². The average Bonchev–Trinajstić information content (AvgIpc) is 2.48. The molecule has 0 spiro atoms. The van der Waals surface area contributed by atoms with Gasteiger partial charge in [-0.1, -0.05) is 29.4 Å². The van der Waals surface area contributed by atoms with Crippen molar-refractivity contribution in [3.8, 4) is 0 Å². The molecule has 4 nitrogen and oxygen atoms in total. The van der Waals surface area contributed by atoms with Crippen LogP contribution in [0.25, 0.3) is 0 Å². The Morgan fingerprint density at radius 2 is 2.15 bits per heavy atom. The molecule has 0 bridgehead atoms. The normalized spacial score (nSPS) is 12.2. The quantitative estimate of drug-likeness (QED) is 0.765. The number of hydrogen-bond donors (Lipinski definition) is 3. The number of rotatable bonds is 6. The van der Waals surface area contributed by atoms with Crippen LogP contribution in [0.15, 0.2) is 52.5 Å². The van der Waals surface area contributed by atoms with Crippen LogP contribution in [0.5, 0.6) is 0 Å². The third kappa shape index (κ3) is 4.38. The molecular formula is C14H15ClN2O2S. The van der Waals surface area contributed by atoms with Crippen LogP contribution in [0.3, 0.4) is 0 Å². The molecule has 2 rings (SSSR count).